The third-order valence-corrected chi connectivity index (χ3v) is 4.94. The van der Waals surface area contributed by atoms with E-state index in [0.29, 0.717) is 13.1 Å². The fourth-order valence-electron chi connectivity index (χ4n) is 3.37. The second kappa shape index (κ2) is 9.36. The van der Waals surface area contributed by atoms with E-state index in [1.54, 1.807) is 4.90 Å². The fourth-order valence-corrected chi connectivity index (χ4v) is 3.37. The SMILES string of the molecule is C[C@@H](OC(=O)c1cc([N+](=O)[O-])ccc1NCCO)C(=O)N1CCc2ccccc2C1. The van der Waals surface area contributed by atoms with E-state index in [1.807, 2.05) is 24.3 Å². The van der Waals surface area contributed by atoms with Crippen molar-refractivity contribution in [2.24, 2.45) is 0 Å². The summed E-state index contributed by atoms with van der Waals surface area (Å²) in [6, 6.07) is 11.6. The van der Waals surface area contributed by atoms with E-state index in [-0.39, 0.29) is 36.0 Å². The van der Waals surface area contributed by atoms with E-state index in [0.717, 1.165) is 18.1 Å². The first-order valence-electron chi connectivity index (χ1n) is 9.60. The summed E-state index contributed by atoms with van der Waals surface area (Å²) in [5, 5.41) is 22.9. The Morgan fingerprint density at radius 3 is 2.70 bits per heavy atom. The summed E-state index contributed by atoms with van der Waals surface area (Å²) in [6.07, 6.45) is -0.324. The van der Waals surface area contributed by atoms with E-state index in [9.17, 15) is 19.7 Å². The van der Waals surface area contributed by atoms with Crippen LogP contribution < -0.4 is 5.32 Å². The van der Waals surface area contributed by atoms with Crippen LogP contribution in [0.1, 0.15) is 28.4 Å². The molecular formula is C21H23N3O6. The third-order valence-electron chi connectivity index (χ3n) is 4.94. The second-order valence-electron chi connectivity index (χ2n) is 6.96. The maximum absolute atomic E-state index is 12.8. The van der Waals surface area contributed by atoms with Crippen LogP contribution in [-0.4, -0.2) is 52.6 Å². The smallest absolute Gasteiger partial charge is 0.341 e. The van der Waals surface area contributed by atoms with E-state index < -0.39 is 17.0 Å². The first kappa shape index (κ1) is 21.3. The van der Waals surface area contributed by atoms with Gasteiger partial charge in [0.05, 0.1) is 17.1 Å². The molecule has 2 N–H and O–H groups in total. The van der Waals surface area contributed by atoms with Crippen LogP contribution in [0.5, 0.6) is 0 Å². The second-order valence-corrected chi connectivity index (χ2v) is 6.96. The van der Waals surface area contributed by atoms with Gasteiger partial charge in [-0.1, -0.05) is 24.3 Å². The number of carbonyl (C=O) groups is 2. The summed E-state index contributed by atoms with van der Waals surface area (Å²) in [5.41, 5.74) is 2.20. The fraction of sp³-hybridized carbons (Fsp3) is 0.333. The van der Waals surface area contributed by atoms with Crippen molar-refractivity contribution in [3.63, 3.8) is 0 Å². The molecule has 0 unspecified atom stereocenters. The minimum Gasteiger partial charge on any atom is -0.449 e. The van der Waals surface area contributed by atoms with Gasteiger partial charge in [0, 0.05) is 37.5 Å². The number of nitrogens with zero attached hydrogens (tertiary/aromatic N) is 2. The lowest BCUT2D eigenvalue weighted by atomic mass is 9.99. The zero-order valence-corrected chi connectivity index (χ0v) is 16.5. The van der Waals surface area contributed by atoms with Crippen LogP contribution in [0.3, 0.4) is 0 Å². The number of rotatable bonds is 7. The number of esters is 1. The lowest BCUT2D eigenvalue weighted by Crippen LogP contribution is -2.42. The molecule has 1 aliphatic heterocycles. The van der Waals surface area contributed by atoms with E-state index in [1.165, 1.54) is 24.6 Å². The number of ether oxygens (including phenoxy) is 1. The predicted molar refractivity (Wildman–Crippen MR) is 109 cm³/mol. The topological polar surface area (TPSA) is 122 Å². The molecule has 1 amide bonds. The number of carbonyl (C=O) groups excluding carboxylic acids is 2. The third kappa shape index (κ3) is 4.74. The average Bonchev–Trinajstić information content (AvgIpc) is 2.76. The number of hydrogen-bond acceptors (Lipinski definition) is 7. The van der Waals surface area contributed by atoms with Crippen molar-refractivity contribution in [2.45, 2.75) is 26.0 Å². The van der Waals surface area contributed by atoms with Crippen molar-refractivity contribution in [1.29, 1.82) is 0 Å². The first-order valence-corrected chi connectivity index (χ1v) is 9.60. The number of anilines is 1. The molecule has 2 aromatic carbocycles. The molecule has 0 fully saturated rings. The van der Waals surface area contributed by atoms with Gasteiger partial charge in [-0.05, 0) is 30.5 Å². The standard InChI is InChI=1S/C21H23N3O6/c1-14(20(26)23-10-8-15-4-2-3-5-16(15)13-23)30-21(27)18-12-17(24(28)29)6-7-19(18)22-9-11-25/h2-7,12,14,22,25H,8-11,13H2,1H3/t14-/m1/s1. The number of amides is 1. The molecule has 3 rings (SSSR count). The molecule has 158 valence electrons. The largest absolute Gasteiger partial charge is 0.449 e. The molecular weight excluding hydrogens is 390 g/mol. The number of benzene rings is 2. The van der Waals surface area contributed by atoms with Crippen LogP contribution >= 0.6 is 0 Å². The van der Waals surface area contributed by atoms with Gasteiger partial charge in [-0.25, -0.2) is 4.79 Å². The molecule has 30 heavy (non-hydrogen) atoms. The number of fused-ring (bicyclic) bond motifs is 1. The predicted octanol–water partition coefficient (Wildman–Crippen LogP) is 2.13. The number of aliphatic hydroxyl groups excluding tert-OH is 1. The Bertz CT molecular complexity index is 962. The van der Waals surface area contributed by atoms with Crippen molar-refractivity contribution < 1.29 is 24.4 Å². The Morgan fingerprint density at radius 1 is 1.27 bits per heavy atom. The van der Waals surface area contributed by atoms with Gasteiger partial charge >= 0.3 is 5.97 Å². The van der Waals surface area contributed by atoms with Gasteiger partial charge in [0.2, 0.25) is 0 Å². The summed E-state index contributed by atoms with van der Waals surface area (Å²) >= 11 is 0. The number of hydrogen-bond donors (Lipinski definition) is 2. The number of aliphatic hydroxyl groups is 1. The molecule has 1 atom stereocenters. The normalized spacial score (nSPS) is 13.9. The van der Waals surface area contributed by atoms with Crippen LogP contribution in [0.25, 0.3) is 0 Å². The minimum atomic E-state index is -1.05. The Kier molecular flexibility index (Phi) is 6.63. The maximum Gasteiger partial charge on any atom is 0.341 e. The zero-order chi connectivity index (χ0) is 21.7. The van der Waals surface area contributed by atoms with Crippen LogP contribution in [0.4, 0.5) is 11.4 Å². The van der Waals surface area contributed by atoms with Crippen molar-refractivity contribution >= 4 is 23.3 Å². The summed E-state index contributed by atoms with van der Waals surface area (Å²) in [7, 11) is 0. The lowest BCUT2D eigenvalue weighted by Gasteiger charge is -2.30. The molecule has 9 nitrogen and oxygen atoms in total. The monoisotopic (exact) mass is 413 g/mol. The number of nitrogens with one attached hydrogen (secondary N) is 1. The Labute approximate surface area is 173 Å². The number of nitro groups is 1. The quantitative estimate of drug-likeness (QED) is 0.405. The van der Waals surface area contributed by atoms with Gasteiger partial charge in [0.15, 0.2) is 6.10 Å². The summed E-state index contributed by atoms with van der Waals surface area (Å²) in [5.74, 6) is -1.18. The van der Waals surface area contributed by atoms with Gasteiger partial charge in [0.1, 0.15) is 0 Å². The lowest BCUT2D eigenvalue weighted by molar-refractivity contribution is -0.384. The Morgan fingerprint density at radius 2 is 2.00 bits per heavy atom. The van der Waals surface area contributed by atoms with Crippen LogP contribution in [0.15, 0.2) is 42.5 Å². The summed E-state index contributed by atoms with van der Waals surface area (Å²) in [4.78, 5) is 37.6. The maximum atomic E-state index is 12.8. The average molecular weight is 413 g/mol. The zero-order valence-electron chi connectivity index (χ0n) is 16.5. The Hall–Kier alpha value is -3.46. The molecule has 1 aliphatic rings. The molecule has 0 saturated heterocycles. The number of nitro benzene ring substituents is 1. The molecule has 0 saturated carbocycles. The van der Waals surface area contributed by atoms with Gasteiger partial charge in [-0.3, -0.25) is 14.9 Å². The molecule has 2 aromatic rings. The van der Waals surface area contributed by atoms with Crippen molar-refractivity contribution in [1.82, 2.24) is 4.90 Å². The van der Waals surface area contributed by atoms with Crippen LogP contribution in [0, 0.1) is 10.1 Å². The van der Waals surface area contributed by atoms with Crippen molar-refractivity contribution in [2.75, 3.05) is 25.0 Å². The minimum absolute atomic E-state index is 0.0683. The van der Waals surface area contributed by atoms with Crippen molar-refractivity contribution in [3.05, 3.63) is 69.3 Å². The van der Waals surface area contributed by atoms with Crippen LogP contribution in [-0.2, 0) is 22.5 Å². The Balaban J connectivity index is 1.72. The molecule has 1 heterocycles. The first-order chi connectivity index (χ1) is 14.4. The molecule has 0 spiro atoms. The van der Waals surface area contributed by atoms with E-state index in [4.69, 9.17) is 9.84 Å². The molecule has 0 aromatic heterocycles. The van der Waals surface area contributed by atoms with Gasteiger partial charge in [-0.15, -0.1) is 0 Å². The molecule has 0 bridgehead atoms. The highest BCUT2D eigenvalue weighted by Gasteiger charge is 2.28. The summed E-state index contributed by atoms with van der Waals surface area (Å²) in [6.45, 7) is 2.42. The van der Waals surface area contributed by atoms with Crippen LogP contribution in [0.2, 0.25) is 0 Å². The number of non-ortho nitro benzene ring substituents is 1. The molecule has 0 radical (unpaired) electrons. The highest BCUT2D eigenvalue weighted by atomic mass is 16.6. The highest BCUT2D eigenvalue weighted by molar-refractivity contribution is 5.98. The molecule has 0 aliphatic carbocycles. The highest BCUT2D eigenvalue weighted by Crippen LogP contribution is 2.24. The van der Waals surface area contributed by atoms with Crippen molar-refractivity contribution in [3.8, 4) is 0 Å². The summed E-state index contributed by atoms with van der Waals surface area (Å²) < 4.78 is 5.34. The van der Waals surface area contributed by atoms with Gasteiger partial charge in [-0.2, -0.15) is 0 Å². The molecule has 9 heteroatoms. The van der Waals surface area contributed by atoms with E-state index >= 15 is 0 Å². The van der Waals surface area contributed by atoms with E-state index in [2.05, 4.69) is 5.32 Å². The van der Waals surface area contributed by atoms with Gasteiger partial charge < -0.3 is 20.1 Å². The van der Waals surface area contributed by atoms with Gasteiger partial charge in [0.25, 0.3) is 11.6 Å².